The molecule has 0 atom stereocenters. The molecule has 0 aromatic heterocycles. The Hall–Kier alpha value is -1.56. The Morgan fingerprint density at radius 3 is 2.74 bits per heavy atom. The van der Waals surface area contributed by atoms with Crippen molar-refractivity contribution in [1.29, 1.82) is 0 Å². The van der Waals surface area contributed by atoms with Gasteiger partial charge in [-0.05, 0) is 24.6 Å². The molecule has 6 heteroatoms. The Labute approximate surface area is 119 Å². The smallest absolute Gasteiger partial charge is 0.321 e. The number of likely N-dealkylation sites (tertiary alicyclic amines) is 1. The van der Waals surface area contributed by atoms with Crippen molar-refractivity contribution in [3.05, 3.63) is 28.2 Å². The molecule has 102 valence electrons. The molecule has 0 spiro atoms. The SMILES string of the molecule is Cc1ccc(NC(=O)N2CC(CC(=O)O)C2)cc1Br. The molecule has 1 aliphatic heterocycles. The van der Waals surface area contributed by atoms with E-state index in [0.717, 1.165) is 15.7 Å². The van der Waals surface area contributed by atoms with Crippen LogP contribution in [0.3, 0.4) is 0 Å². The molecule has 0 bridgehead atoms. The number of carboxylic acid groups (broad SMARTS) is 1. The fourth-order valence-corrected chi connectivity index (χ4v) is 2.36. The lowest BCUT2D eigenvalue weighted by atomic mass is 9.97. The normalized spacial score (nSPS) is 14.9. The first kappa shape index (κ1) is 13.9. The number of carbonyl (C=O) groups is 2. The molecule has 0 radical (unpaired) electrons. The Morgan fingerprint density at radius 1 is 1.47 bits per heavy atom. The van der Waals surface area contributed by atoms with Gasteiger partial charge in [-0.2, -0.15) is 0 Å². The summed E-state index contributed by atoms with van der Waals surface area (Å²) >= 11 is 3.41. The predicted molar refractivity (Wildman–Crippen MR) is 75.2 cm³/mol. The van der Waals surface area contributed by atoms with Crippen LogP contribution in [0.5, 0.6) is 0 Å². The summed E-state index contributed by atoms with van der Waals surface area (Å²) in [5, 5.41) is 11.4. The first-order chi connectivity index (χ1) is 8.95. The average molecular weight is 327 g/mol. The molecule has 5 nitrogen and oxygen atoms in total. The molecule has 1 aromatic carbocycles. The number of amides is 2. The predicted octanol–water partition coefficient (Wildman–Crippen LogP) is 2.70. The van der Waals surface area contributed by atoms with E-state index in [-0.39, 0.29) is 18.4 Å². The maximum Gasteiger partial charge on any atom is 0.321 e. The minimum absolute atomic E-state index is 0.0769. The summed E-state index contributed by atoms with van der Waals surface area (Å²) < 4.78 is 0.942. The molecule has 19 heavy (non-hydrogen) atoms. The van der Waals surface area contributed by atoms with Gasteiger partial charge in [-0.3, -0.25) is 4.79 Å². The van der Waals surface area contributed by atoms with Crippen molar-refractivity contribution in [2.45, 2.75) is 13.3 Å². The van der Waals surface area contributed by atoms with Crippen molar-refractivity contribution >= 4 is 33.6 Å². The number of halogens is 1. The third-order valence-corrected chi connectivity index (χ3v) is 3.99. The van der Waals surface area contributed by atoms with E-state index >= 15 is 0 Å². The van der Waals surface area contributed by atoms with Crippen LogP contribution in [-0.4, -0.2) is 35.1 Å². The molecule has 1 aromatic rings. The van der Waals surface area contributed by atoms with Crippen LogP contribution in [0.25, 0.3) is 0 Å². The fraction of sp³-hybridized carbons (Fsp3) is 0.385. The zero-order valence-electron chi connectivity index (χ0n) is 10.5. The van der Waals surface area contributed by atoms with Gasteiger partial charge in [-0.1, -0.05) is 22.0 Å². The third kappa shape index (κ3) is 3.47. The number of urea groups is 1. The summed E-state index contributed by atoms with van der Waals surface area (Å²) in [6, 6.07) is 5.43. The van der Waals surface area contributed by atoms with Crippen molar-refractivity contribution in [2.75, 3.05) is 18.4 Å². The first-order valence-electron chi connectivity index (χ1n) is 5.99. The molecule has 0 unspecified atom stereocenters. The first-order valence-corrected chi connectivity index (χ1v) is 6.79. The molecule has 0 saturated carbocycles. The standard InChI is InChI=1S/C13H15BrN2O3/c1-8-2-3-10(5-11(8)14)15-13(19)16-6-9(7-16)4-12(17)18/h2-3,5,9H,4,6-7H2,1H3,(H,15,19)(H,17,18). The van der Waals surface area contributed by atoms with Crippen LogP contribution in [0.2, 0.25) is 0 Å². The zero-order chi connectivity index (χ0) is 14.0. The fourth-order valence-electron chi connectivity index (χ4n) is 1.98. The molecule has 1 fully saturated rings. The van der Waals surface area contributed by atoms with E-state index in [4.69, 9.17) is 5.11 Å². The van der Waals surface area contributed by atoms with Gasteiger partial charge in [0.15, 0.2) is 0 Å². The summed E-state index contributed by atoms with van der Waals surface area (Å²) in [7, 11) is 0. The highest BCUT2D eigenvalue weighted by Gasteiger charge is 2.32. The van der Waals surface area contributed by atoms with Crippen LogP contribution < -0.4 is 5.32 Å². The van der Waals surface area contributed by atoms with Crippen LogP contribution in [0, 0.1) is 12.8 Å². The highest BCUT2D eigenvalue weighted by atomic mass is 79.9. The second-order valence-electron chi connectivity index (χ2n) is 4.76. The molecule has 2 amide bonds. The van der Waals surface area contributed by atoms with Crippen molar-refractivity contribution in [2.24, 2.45) is 5.92 Å². The van der Waals surface area contributed by atoms with E-state index in [0.29, 0.717) is 13.1 Å². The van der Waals surface area contributed by atoms with Crippen molar-refractivity contribution < 1.29 is 14.7 Å². The number of carbonyl (C=O) groups excluding carboxylic acids is 1. The van der Waals surface area contributed by atoms with Gasteiger partial charge in [0.2, 0.25) is 0 Å². The van der Waals surface area contributed by atoms with Crippen molar-refractivity contribution in [1.82, 2.24) is 4.90 Å². The number of aliphatic carboxylic acids is 1. The van der Waals surface area contributed by atoms with Crippen LogP contribution >= 0.6 is 15.9 Å². The summed E-state index contributed by atoms with van der Waals surface area (Å²) in [4.78, 5) is 24.0. The number of hydrogen-bond donors (Lipinski definition) is 2. The highest BCUT2D eigenvalue weighted by molar-refractivity contribution is 9.10. The highest BCUT2D eigenvalue weighted by Crippen LogP contribution is 2.23. The lowest BCUT2D eigenvalue weighted by Gasteiger charge is -2.38. The molecule has 2 rings (SSSR count). The van der Waals surface area contributed by atoms with Gasteiger partial charge in [0.05, 0.1) is 6.42 Å². The Bertz CT molecular complexity index is 513. The van der Waals surface area contributed by atoms with Gasteiger partial charge in [-0.15, -0.1) is 0 Å². The lowest BCUT2D eigenvalue weighted by Crippen LogP contribution is -2.52. The van der Waals surface area contributed by atoms with Gasteiger partial charge in [0.1, 0.15) is 0 Å². The second kappa shape index (κ2) is 5.61. The molecule has 2 N–H and O–H groups in total. The topological polar surface area (TPSA) is 69.6 Å². The van der Waals surface area contributed by atoms with E-state index in [2.05, 4.69) is 21.2 Å². The van der Waals surface area contributed by atoms with Crippen molar-refractivity contribution in [3.63, 3.8) is 0 Å². The largest absolute Gasteiger partial charge is 0.481 e. The molecule has 1 heterocycles. The van der Waals surface area contributed by atoms with Crippen molar-refractivity contribution in [3.8, 4) is 0 Å². The van der Waals surface area contributed by atoms with E-state index < -0.39 is 5.97 Å². The van der Waals surface area contributed by atoms with E-state index in [1.54, 1.807) is 4.90 Å². The molecular formula is C13H15BrN2O3. The summed E-state index contributed by atoms with van der Waals surface area (Å²) in [6.45, 7) is 2.98. The number of nitrogens with zero attached hydrogens (tertiary/aromatic N) is 1. The van der Waals surface area contributed by atoms with Crippen LogP contribution in [-0.2, 0) is 4.79 Å². The minimum Gasteiger partial charge on any atom is -0.481 e. The van der Waals surface area contributed by atoms with Gasteiger partial charge in [0.25, 0.3) is 0 Å². The van der Waals surface area contributed by atoms with Gasteiger partial charge >= 0.3 is 12.0 Å². The number of aryl methyl sites for hydroxylation is 1. The Kier molecular flexibility index (Phi) is 4.09. The summed E-state index contributed by atoms with van der Waals surface area (Å²) in [5.74, 6) is -0.736. The van der Waals surface area contributed by atoms with E-state index in [9.17, 15) is 9.59 Å². The van der Waals surface area contributed by atoms with Gasteiger partial charge < -0.3 is 15.3 Å². The number of rotatable bonds is 3. The minimum atomic E-state index is -0.812. The average Bonchev–Trinajstić information content (AvgIpc) is 2.27. The Morgan fingerprint density at radius 2 is 2.16 bits per heavy atom. The third-order valence-electron chi connectivity index (χ3n) is 3.13. The number of benzene rings is 1. The number of anilines is 1. The Balaban J connectivity index is 1.85. The molecule has 1 aliphatic rings. The van der Waals surface area contributed by atoms with Crippen LogP contribution in [0.1, 0.15) is 12.0 Å². The monoisotopic (exact) mass is 326 g/mol. The van der Waals surface area contributed by atoms with Crippen LogP contribution in [0.15, 0.2) is 22.7 Å². The maximum absolute atomic E-state index is 11.9. The molecule has 1 saturated heterocycles. The maximum atomic E-state index is 11.9. The van der Waals surface area contributed by atoms with Gasteiger partial charge in [0, 0.05) is 29.2 Å². The lowest BCUT2D eigenvalue weighted by molar-refractivity contribution is -0.139. The van der Waals surface area contributed by atoms with Crippen LogP contribution in [0.4, 0.5) is 10.5 Å². The summed E-state index contributed by atoms with van der Waals surface area (Å²) in [6.07, 6.45) is 0.125. The number of hydrogen-bond acceptors (Lipinski definition) is 2. The number of nitrogens with one attached hydrogen (secondary N) is 1. The molecular weight excluding hydrogens is 312 g/mol. The van der Waals surface area contributed by atoms with E-state index in [1.165, 1.54) is 0 Å². The second-order valence-corrected chi connectivity index (χ2v) is 5.62. The quantitative estimate of drug-likeness (QED) is 0.897. The van der Waals surface area contributed by atoms with E-state index in [1.807, 2.05) is 25.1 Å². The molecule has 0 aliphatic carbocycles. The number of carboxylic acids is 1. The summed E-state index contributed by atoms with van der Waals surface area (Å²) in [5.41, 5.74) is 1.83. The van der Waals surface area contributed by atoms with Gasteiger partial charge in [-0.25, -0.2) is 4.79 Å². The zero-order valence-corrected chi connectivity index (χ0v) is 12.1.